The number of rotatable bonds is 7. The molecule has 0 bridgehead atoms. The number of benzene rings is 2. The van der Waals surface area contributed by atoms with Crippen molar-refractivity contribution in [2.45, 2.75) is 19.1 Å². The van der Waals surface area contributed by atoms with Crippen LogP contribution in [0.2, 0.25) is 10.0 Å². The summed E-state index contributed by atoms with van der Waals surface area (Å²) >= 11 is 13.1. The van der Waals surface area contributed by atoms with E-state index in [2.05, 4.69) is 44.8 Å². The highest BCUT2D eigenvalue weighted by Crippen LogP contribution is 2.40. The lowest BCUT2D eigenvalue weighted by atomic mass is 10.0. The van der Waals surface area contributed by atoms with Gasteiger partial charge in [0.15, 0.2) is 17.3 Å². The summed E-state index contributed by atoms with van der Waals surface area (Å²) in [6, 6.07) is 14.3. The molecular formula is C36H22Cl2F6N12O. The van der Waals surface area contributed by atoms with E-state index in [4.69, 9.17) is 34.7 Å². The van der Waals surface area contributed by atoms with Crippen molar-refractivity contribution in [2.75, 3.05) is 11.5 Å². The minimum absolute atomic E-state index is 0.0335. The Bertz CT molecular complexity index is 2880. The monoisotopic (exact) mass is 822 g/mol. The summed E-state index contributed by atoms with van der Waals surface area (Å²) in [6.45, 7) is 0.0988. The van der Waals surface area contributed by atoms with Gasteiger partial charge in [0.25, 0.3) is 5.88 Å². The molecule has 0 saturated carbocycles. The quantitative estimate of drug-likeness (QED) is 0.148. The van der Waals surface area contributed by atoms with Crippen LogP contribution in [-0.2, 0) is 19.8 Å². The first-order valence-electron chi connectivity index (χ1n) is 16.4. The Morgan fingerprint density at radius 1 is 0.702 bits per heavy atom. The van der Waals surface area contributed by atoms with E-state index in [1.54, 1.807) is 62.0 Å². The number of aryl methyl sites for hydroxylation is 1. The van der Waals surface area contributed by atoms with Gasteiger partial charge in [-0.2, -0.15) is 23.4 Å². The van der Waals surface area contributed by atoms with Crippen LogP contribution in [0.5, 0.6) is 5.88 Å². The molecule has 4 N–H and O–H groups in total. The van der Waals surface area contributed by atoms with Gasteiger partial charge < -0.3 is 16.2 Å². The van der Waals surface area contributed by atoms with Gasteiger partial charge in [-0.05, 0) is 54.1 Å². The predicted octanol–water partition coefficient (Wildman–Crippen LogP) is 8.40. The third-order valence-electron chi connectivity index (χ3n) is 8.48. The number of ether oxygens (including phenoxy) is 1. The Balaban J connectivity index is 1.18. The standard InChI is InChI=1S/C36H22Cl2F6N12O/c1-55-7-4-23(53-55)29-28(52-34(33(46)51-29)57-36(42,43)44)20-11-18-9-16(14-48-26(18)22(38)13-20)15-56-8-5-24(54-56)30-27(49-31(32(45)50-30)35(39,40)41)19-10-17-3-2-6-47-25(17)21(37)12-19/h2-14H,15H2,1H3,(H2,45,50)(H2,46,51). The van der Waals surface area contributed by atoms with Crippen molar-refractivity contribution < 1.29 is 31.1 Å². The highest BCUT2D eigenvalue weighted by atomic mass is 35.5. The average Bonchev–Trinajstić information content (AvgIpc) is 3.80. The van der Waals surface area contributed by atoms with Gasteiger partial charge in [0, 0.05) is 53.7 Å². The maximum absolute atomic E-state index is 14.0. The second-order valence-corrected chi connectivity index (χ2v) is 13.3. The number of halogens is 8. The smallest absolute Gasteiger partial charge is 0.384 e. The predicted molar refractivity (Wildman–Crippen MR) is 199 cm³/mol. The van der Waals surface area contributed by atoms with Gasteiger partial charge in [0.2, 0.25) is 0 Å². The molecule has 0 fully saturated rings. The lowest BCUT2D eigenvalue weighted by Gasteiger charge is -2.14. The van der Waals surface area contributed by atoms with Gasteiger partial charge in [-0.3, -0.25) is 19.3 Å². The highest BCUT2D eigenvalue weighted by Gasteiger charge is 2.38. The van der Waals surface area contributed by atoms with E-state index < -0.39 is 35.7 Å². The van der Waals surface area contributed by atoms with Crippen LogP contribution in [0.15, 0.2) is 79.4 Å². The number of alkyl halides is 6. The normalized spacial score (nSPS) is 12.2. The third kappa shape index (κ3) is 7.41. The maximum atomic E-state index is 14.0. The summed E-state index contributed by atoms with van der Waals surface area (Å²) < 4.78 is 88.8. The molecular weight excluding hydrogens is 801 g/mol. The molecule has 6 aromatic heterocycles. The zero-order valence-corrected chi connectivity index (χ0v) is 30.3. The summed E-state index contributed by atoms with van der Waals surface area (Å²) in [5.74, 6) is -2.41. The lowest BCUT2D eigenvalue weighted by Crippen LogP contribution is -2.19. The van der Waals surface area contributed by atoms with Gasteiger partial charge in [-0.25, -0.2) is 19.9 Å². The van der Waals surface area contributed by atoms with E-state index in [-0.39, 0.29) is 61.9 Å². The first-order valence-corrected chi connectivity index (χ1v) is 17.1. The van der Waals surface area contributed by atoms with E-state index in [0.29, 0.717) is 27.4 Å². The minimum atomic E-state index is -5.10. The van der Waals surface area contributed by atoms with Crippen molar-refractivity contribution in [1.29, 1.82) is 0 Å². The van der Waals surface area contributed by atoms with Gasteiger partial charge >= 0.3 is 12.5 Å². The fraction of sp³-hybridized carbons (Fsp3) is 0.111. The van der Waals surface area contributed by atoms with Crippen LogP contribution in [0.25, 0.3) is 67.1 Å². The maximum Gasteiger partial charge on any atom is 0.574 e. The molecule has 0 aliphatic carbocycles. The Labute approximate surface area is 325 Å². The first kappa shape index (κ1) is 37.3. The molecule has 6 heterocycles. The second-order valence-electron chi connectivity index (χ2n) is 12.5. The zero-order chi connectivity index (χ0) is 40.4. The van der Waals surface area contributed by atoms with Crippen molar-refractivity contribution in [3.8, 4) is 51.2 Å². The summed E-state index contributed by atoms with van der Waals surface area (Å²) in [5, 5.41) is 10.2. The Morgan fingerprint density at radius 3 is 2.00 bits per heavy atom. The Morgan fingerprint density at radius 2 is 1.33 bits per heavy atom. The van der Waals surface area contributed by atoms with Crippen LogP contribution in [-0.4, -0.2) is 55.8 Å². The molecule has 13 nitrogen and oxygen atoms in total. The molecule has 8 aromatic rings. The molecule has 21 heteroatoms. The van der Waals surface area contributed by atoms with Crippen LogP contribution in [0.1, 0.15) is 11.3 Å². The van der Waals surface area contributed by atoms with Crippen LogP contribution in [0.4, 0.5) is 38.0 Å². The van der Waals surface area contributed by atoms with E-state index in [0.717, 1.165) is 0 Å². The number of hydrogen-bond acceptors (Lipinski definition) is 11. The van der Waals surface area contributed by atoms with Gasteiger partial charge in [-0.15, -0.1) is 13.2 Å². The number of nitrogen functional groups attached to an aromatic ring is 2. The van der Waals surface area contributed by atoms with Crippen LogP contribution in [0.3, 0.4) is 0 Å². The van der Waals surface area contributed by atoms with Crippen LogP contribution < -0.4 is 16.2 Å². The minimum Gasteiger partial charge on any atom is -0.384 e. The van der Waals surface area contributed by atoms with E-state index >= 15 is 0 Å². The number of nitrogens with two attached hydrogens (primary N) is 2. The Kier molecular flexibility index (Phi) is 9.07. The molecule has 0 radical (unpaired) electrons. The molecule has 57 heavy (non-hydrogen) atoms. The first-order chi connectivity index (χ1) is 27.0. The van der Waals surface area contributed by atoms with Crippen molar-refractivity contribution in [2.24, 2.45) is 7.05 Å². The van der Waals surface area contributed by atoms with E-state index in [1.165, 1.54) is 33.8 Å². The van der Waals surface area contributed by atoms with Gasteiger partial charge in [0.05, 0.1) is 33.3 Å². The lowest BCUT2D eigenvalue weighted by molar-refractivity contribution is -0.275. The number of aromatic nitrogens is 10. The molecule has 288 valence electrons. The number of nitrogens with zero attached hydrogens (tertiary/aromatic N) is 10. The third-order valence-corrected chi connectivity index (χ3v) is 9.05. The van der Waals surface area contributed by atoms with E-state index in [9.17, 15) is 26.3 Å². The molecule has 0 atom stereocenters. The van der Waals surface area contributed by atoms with Crippen molar-refractivity contribution in [1.82, 2.24) is 49.5 Å². The molecule has 2 aromatic carbocycles. The molecule has 8 rings (SSSR count). The molecule has 0 spiro atoms. The molecule has 0 saturated heterocycles. The van der Waals surface area contributed by atoms with Crippen molar-refractivity contribution in [3.05, 3.63) is 101 Å². The number of anilines is 2. The molecule has 0 unspecified atom stereocenters. The fourth-order valence-corrected chi connectivity index (χ4v) is 6.65. The fourth-order valence-electron chi connectivity index (χ4n) is 6.10. The van der Waals surface area contributed by atoms with Crippen molar-refractivity contribution in [3.63, 3.8) is 0 Å². The summed E-state index contributed by atoms with van der Waals surface area (Å²) in [6.07, 6.45) is -3.75. The second kappa shape index (κ2) is 13.9. The highest BCUT2D eigenvalue weighted by molar-refractivity contribution is 6.36. The SMILES string of the molecule is Cn1ccc(-c2nc(N)c(OC(F)(F)F)nc2-c2cc(Cl)c3ncc(Cn4ccc(-c5nc(N)c(C(F)(F)F)nc5-c5cc(Cl)c6ncccc6c5)n4)cc3c2)n1. The number of fused-ring (bicyclic) bond motifs is 2. The zero-order valence-electron chi connectivity index (χ0n) is 28.8. The number of hydrogen-bond donors (Lipinski definition) is 2. The Hall–Kier alpha value is -6.60. The van der Waals surface area contributed by atoms with E-state index in [1.807, 2.05) is 0 Å². The summed E-state index contributed by atoms with van der Waals surface area (Å²) in [7, 11) is 1.65. The summed E-state index contributed by atoms with van der Waals surface area (Å²) in [5.41, 5.74) is 12.4. The van der Waals surface area contributed by atoms with Crippen LogP contribution >= 0.6 is 23.2 Å². The molecule has 0 aliphatic rings. The average molecular weight is 824 g/mol. The van der Waals surface area contributed by atoms with Gasteiger partial charge in [0.1, 0.15) is 28.5 Å². The van der Waals surface area contributed by atoms with Crippen molar-refractivity contribution >= 4 is 56.6 Å². The summed E-state index contributed by atoms with van der Waals surface area (Å²) in [4.78, 5) is 25.0. The van der Waals surface area contributed by atoms with Crippen LogP contribution in [0, 0.1) is 0 Å². The number of pyridine rings is 2. The molecule has 0 aliphatic heterocycles. The topological polar surface area (TPSA) is 174 Å². The van der Waals surface area contributed by atoms with Gasteiger partial charge in [-0.1, -0.05) is 29.3 Å². The molecule has 0 amide bonds. The largest absolute Gasteiger partial charge is 0.574 e.